The predicted molar refractivity (Wildman–Crippen MR) is 98.6 cm³/mol. The monoisotopic (exact) mass is 396 g/mol. The van der Waals surface area contributed by atoms with Crippen LogP contribution >= 0.6 is 22.9 Å². The van der Waals surface area contributed by atoms with Crippen molar-refractivity contribution in [3.8, 4) is 11.8 Å². The zero-order chi connectivity index (χ0) is 18.9. The van der Waals surface area contributed by atoms with Gasteiger partial charge in [-0.25, -0.2) is 4.98 Å². The van der Waals surface area contributed by atoms with E-state index in [0.29, 0.717) is 6.54 Å². The first-order valence-corrected chi connectivity index (χ1v) is 8.93. The quantitative estimate of drug-likeness (QED) is 0.495. The highest BCUT2D eigenvalue weighted by atomic mass is 35.5. The number of fused-ring (bicyclic) bond motifs is 1. The molecule has 0 aliphatic rings. The van der Waals surface area contributed by atoms with Crippen molar-refractivity contribution in [2.75, 3.05) is 5.32 Å². The lowest BCUT2D eigenvalue weighted by Crippen LogP contribution is -2.36. The fourth-order valence-electron chi connectivity index (χ4n) is 2.34. The number of hydrogen-bond donors (Lipinski definition) is 2. The van der Waals surface area contributed by atoms with Crippen LogP contribution < -0.4 is 11.1 Å². The molecule has 0 aliphatic heterocycles. The highest BCUT2D eigenvalue weighted by molar-refractivity contribution is 7.09. The maximum Gasteiger partial charge on any atom is 0.320 e. The van der Waals surface area contributed by atoms with E-state index in [1.165, 1.54) is 13.8 Å². The van der Waals surface area contributed by atoms with Crippen molar-refractivity contribution in [3.05, 3.63) is 39.0 Å². The molecule has 3 heterocycles. The molecule has 1 atom stereocenters. The highest BCUT2D eigenvalue weighted by Gasteiger charge is 2.43. The Labute approximate surface area is 157 Å². The van der Waals surface area contributed by atoms with Gasteiger partial charge < -0.3 is 15.5 Å². The van der Waals surface area contributed by atoms with Gasteiger partial charge in [0.25, 0.3) is 0 Å². The minimum absolute atomic E-state index is 0.0340. The molecule has 5 nitrogen and oxygen atoms in total. The number of nitrogens with one attached hydrogen (secondary N) is 1. The van der Waals surface area contributed by atoms with Crippen molar-refractivity contribution in [3.63, 3.8) is 0 Å². The molecule has 9 heteroatoms. The molecule has 0 saturated carbocycles. The van der Waals surface area contributed by atoms with Gasteiger partial charge in [-0.2, -0.15) is 13.8 Å². The van der Waals surface area contributed by atoms with Crippen LogP contribution in [-0.4, -0.2) is 16.0 Å². The van der Waals surface area contributed by atoms with Crippen molar-refractivity contribution in [1.29, 1.82) is 0 Å². The minimum atomic E-state index is -3.42. The van der Waals surface area contributed by atoms with Crippen molar-refractivity contribution < 1.29 is 13.2 Å². The van der Waals surface area contributed by atoms with Crippen LogP contribution in [0, 0.1) is 11.8 Å². The number of alkyl halides is 2. The van der Waals surface area contributed by atoms with E-state index >= 15 is 0 Å². The Morgan fingerprint density at radius 1 is 1.46 bits per heavy atom. The average Bonchev–Trinajstić information content (AvgIpc) is 3.21. The fourth-order valence-corrected chi connectivity index (χ4v) is 3.15. The van der Waals surface area contributed by atoms with E-state index < -0.39 is 17.7 Å². The Kier molecular flexibility index (Phi) is 5.14. The standard InChI is InChI=1S/C17H15ClF2N4OS/c1-3-5-11-12-13(25-14(11)17(19,20)9(2)21)15(24-16(18)23-12)22-8-10-6-4-7-26-10/h4,6-7,9H,8,21H2,1-2H3,(H,22,23,24)/t9-/m0/s1. The molecule has 0 bridgehead atoms. The number of hydrogen-bond acceptors (Lipinski definition) is 6. The number of anilines is 1. The van der Waals surface area contributed by atoms with Gasteiger partial charge in [0.1, 0.15) is 5.52 Å². The Bertz CT molecular complexity index is 990. The van der Waals surface area contributed by atoms with Gasteiger partial charge in [0, 0.05) is 4.88 Å². The van der Waals surface area contributed by atoms with Crippen LogP contribution in [0.1, 0.15) is 30.0 Å². The van der Waals surface area contributed by atoms with E-state index in [4.69, 9.17) is 21.8 Å². The minimum Gasteiger partial charge on any atom is -0.448 e. The molecular weight excluding hydrogens is 382 g/mol. The Morgan fingerprint density at radius 3 is 2.85 bits per heavy atom. The zero-order valence-corrected chi connectivity index (χ0v) is 15.5. The van der Waals surface area contributed by atoms with Crippen LogP contribution in [0.25, 0.3) is 11.1 Å². The molecule has 0 unspecified atom stereocenters. The van der Waals surface area contributed by atoms with Gasteiger partial charge in [0.2, 0.25) is 5.28 Å². The van der Waals surface area contributed by atoms with E-state index in [1.807, 2.05) is 17.5 Å². The number of thiophene rings is 1. The van der Waals surface area contributed by atoms with Gasteiger partial charge in [0.05, 0.1) is 18.2 Å². The second kappa shape index (κ2) is 7.19. The second-order valence-electron chi connectivity index (χ2n) is 5.54. The summed E-state index contributed by atoms with van der Waals surface area (Å²) in [6.07, 6.45) is 0. The van der Waals surface area contributed by atoms with Crippen molar-refractivity contribution >= 4 is 39.9 Å². The van der Waals surface area contributed by atoms with Crippen LogP contribution in [-0.2, 0) is 12.5 Å². The third kappa shape index (κ3) is 3.38. The third-order valence-corrected chi connectivity index (χ3v) is 4.69. The number of furan rings is 1. The van der Waals surface area contributed by atoms with E-state index in [1.54, 1.807) is 11.3 Å². The zero-order valence-electron chi connectivity index (χ0n) is 13.9. The molecule has 3 aromatic heterocycles. The molecular formula is C17H15ClF2N4OS. The second-order valence-corrected chi connectivity index (χ2v) is 6.92. The van der Waals surface area contributed by atoms with Gasteiger partial charge >= 0.3 is 5.92 Å². The van der Waals surface area contributed by atoms with Crippen LogP contribution in [0.5, 0.6) is 0 Å². The molecule has 3 aromatic rings. The summed E-state index contributed by atoms with van der Waals surface area (Å²) in [4.78, 5) is 9.15. The molecule has 0 spiro atoms. The number of halogens is 3. The number of rotatable bonds is 5. The molecule has 3 rings (SSSR count). The van der Waals surface area contributed by atoms with Crippen LogP contribution in [0.4, 0.5) is 14.6 Å². The summed E-state index contributed by atoms with van der Waals surface area (Å²) in [7, 11) is 0. The molecule has 0 saturated heterocycles. The summed E-state index contributed by atoms with van der Waals surface area (Å²) >= 11 is 7.53. The van der Waals surface area contributed by atoms with Gasteiger partial charge in [-0.3, -0.25) is 0 Å². The molecule has 0 amide bonds. The molecule has 0 aliphatic carbocycles. The predicted octanol–water partition coefficient (Wildman–Crippen LogP) is 4.36. The molecule has 0 fully saturated rings. The topological polar surface area (TPSA) is 77.0 Å². The average molecular weight is 397 g/mol. The largest absolute Gasteiger partial charge is 0.448 e. The SMILES string of the molecule is CC#Cc1c(C(F)(F)[C@H](C)N)oc2c(NCc3cccs3)nc(Cl)nc12. The maximum absolute atomic E-state index is 14.6. The Hall–Kier alpha value is -2.21. The third-order valence-electron chi connectivity index (χ3n) is 3.64. The normalized spacial score (nSPS) is 12.7. The summed E-state index contributed by atoms with van der Waals surface area (Å²) in [5.74, 6) is 1.40. The van der Waals surface area contributed by atoms with Crippen molar-refractivity contribution in [2.24, 2.45) is 5.73 Å². The first kappa shape index (κ1) is 18.6. The lowest BCUT2D eigenvalue weighted by atomic mass is 10.1. The lowest BCUT2D eigenvalue weighted by Gasteiger charge is -2.17. The molecule has 0 aromatic carbocycles. The van der Waals surface area contributed by atoms with E-state index in [-0.39, 0.29) is 27.8 Å². The van der Waals surface area contributed by atoms with E-state index in [2.05, 4.69) is 27.1 Å². The Balaban J connectivity index is 2.16. The van der Waals surface area contributed by atoms with E-state index in [9.17, 15) is 8.78 Å². The van der Waals surface area contributed by atoms with Crippen molar-refractivity contribution in [1.82, 2.24) is 9.97 Å². The van der Waals surface area contributed by atoms with Crippen LogP contribution in [0.3, 0.4) is 0 Å². The lowest BCUT2D eigenvalue weighted by molar-refractivity contribution is -0.0446. The summed E-state index contributed by atoms with van der Waals surface area (Å²) in [5.41, 5.74) is 5.61. The van der Waals surface area contributed by atoms with Crippen LogP contribution in [0.15, 0.2) is 21.9 Å². The maximum atomic E-state index is 14.6. The molecule has 26 heavy (non-hydrogen) atoms. The smallest absolute Gasteiger partial charge is 0.320 e. The first-order valence-electron chi connectivity index (χ1n) is 7.67. The van der Waals surface area contributed by atoms with Gasteiger partial charge in [-0.15, -0.1) is 17.3 Å². The van der Waals surface area contributed by atoms with Crippen LogP contribution in [0.2, 0.25) is 5.28 Å². The number of nitrogens with two attached hydrogens (primary N) is 1. The highest BCUT2D eigenvalue weighted by Crippen LogP contribution is 2.40. The first-order chi connectivity index (χ1) is 12.3. The van der Waals surface area contributed by atoms with Gasteiger partial charge in [0.15, 0.2) is 17.2 Å². The molecule has 3 N–H and O–H groups in total. The summed E-state index contributed by atoms with van der Waals surface area (Å²) in [5, 5.41) is 4.89. The molecule has 136 valence electrons. The number of nitrogens with zero attached hydrogens (tertiary/aromatic N) is 2. The van der Waals surface area contributed by atoms with Gasteiger partial charge in [-0.1, -0.05) is 12.0 Å². The van der Waals surface area contributed by atoms with Gasteiger partial charge in [-0.05, 0) is 36.9 Å². The van der Waals surface area contributed by atoms with Crippen molar-refractivity contribution in [2.45, 2.75) is 32.4 Å². The summed E-state index contributed by atoms with van der Waals surface area (Å²) in [6, 6.07) is 2.38. The number of aromatic nitrogens is 2. The molecule has 0 radical (unpaired) electrons. The summed E-state index contributed by atoms with van der Waals surface area (Å²) < 4.78 is 34.6. The fraction of sp³-hybridized carbons (Fsp3) is 0.294. The summed E-state index contributed by atoms with van der Waals surface area (Å²) in [6.45, 7) is 3.17. The Morgan fingerprint density at radius 2 is 2.23 bits per heavy atom. The van der Waals surface area contributed by atoms with E-state index in [0.717, 1.165) is 4.88 Å².